The molecule has 0 spiro atoms. The summed E-state index contributed by atoms with van der Waals surface area (Å²) in [6.45, 7) is 19.3. The minimum absolute atomic E-state index is 0.102. The van der Waals surface area contributed by atoms with E-state index in [4.69, 9.17) is 4.42 Å². The Hall–Kier alpha value is -6.82. The Labute approximate surface area is 420 Å². The van der Waals surface area contributed by atoms with Gasteiger partial charge < -0.3 is 13.8 Å². The van der Waals surface area contributed by atoms with Crippen LogP contribution in [0.3, 0.4) is 0 Å². The topological polar surface area (TPSA) is 21.3 Å². The number of para-hydroxylation sites is 2. The Balaban J connectivity index is 1.02. The van der Waals surface area contributed by atoms with Gasteiger partial charge in [0.1, 0.15) is 5.58 Å². The zero-order chi connectivity index (χ0) is 48.1. The van der Waals surface area contributed by atoms with Crippen LogP contribution in [-0.4, -0.2) is 11.3 Å². The molecule has 0 bridgehead atoms. The fraction of sp³-hybridized carbons (Fsp3) is 0.242. The van der Waals surface area contributed by atoms with Gasteiger partial charge in [-0.15, -0.1) is 11.3 Å². The first-order valence-electron chi connectivity index (χ1n) is 25.9. The van der Waals surface area contributed by atoms with Crippen molar-refractivity contribution < 1.29 is 4.42 Å². The fourth-order valence-electron chi connectivity index (χ4n) is 13.9. The van der Waals surface area contributed by atoms with Crippen LogP contribution in [0.4, 0.5) is 17.1 Å². The normalized spacial score (nSPS) is 17.7. The molecule has 5 heteroatoms. The van der Waals surface area contributed by atoms with Crippen molar-refractivity contribution in [2.24, 2.45) is 0 Å². The minimum atomic E-state index is -0.118. The molecule has 0 unspecified atom stereocenters. The third-order valence-corrected chi connectivity index (χ3v) is 19.3. The predicted molar refractivity (Wildman–Crippen MR) is 304 cm³/mol. The number of fused-ring (bicyclic) bond motifs is 15. The highest BCUT2D eigenvalue weighted by atomic mass is 32.1. The number of benzene rings is 8. The average molecular weight is 937 g/mol. The van der Waals surface area contributed by atoms with Crippen LogP contribution in [-0.2, 0) is 21.7 Å². The van der Waals surface area contributed by atoms with Gasteiger partial charge in [0.15, 0.2) is 5.58 Å². The number of furan rings is 1. The average Bonchev–Trinajstić information content (AvgIpc) is 4.05. The summed E-state index contributed by atoms with van der Waals surface area (Å²) in [6, 6.07) is 58.6. The molecule has 71 heavy (non-hydrogen) atoms. The molecule has 11 aromatic rings. The highest BCUT2D eigenvalue weighted by Gasteiger charge is 2.46. The molecule has 0 saturated carbocycles. The zero-order valence-electron chi connectivity index (χ0n) is 42.1. The van der Waals surface area contributed by atoms with Gasteiger partial charge in [-0.1, -0.05) is 171 Å². The second-order valence-corrected chi connectivity index (χ2v) is 25.2. The summed E-state index contributed by atoms with van der Waals surface area (Å²) in [4.78, 5) is 2.55. The van der Waals surface area contributed by atoms with Gasteiger partial charge >= 0.3 is 6.85 Å². The zero-order valence-corrected chi connectivity index (χ0v) is 42.9. The molecule has 2 aliphatic heterocycles. The molecule has 5 heterocycles. The van der Waals surface area contributed by atoms with Crippen molar-refractivity contribution in [3.8, 4) is 33.4 Å². The highest BCUT2D eigenvalue weighted by Crippen LogP contribution is 2.53. The Morgan fingerprint density at radius 1 is 0.479 bits per heavy atom. The van der Waals surface area contributed by atoms with Gasteiger partial charge in [-0.25, -0.2) is 0 Å². The van der Waals surface area contributed by atoms with Crippen LogP contribution in [0.1, 0.15) is 103 Å². The third kappa shape index (κ3) is 5.67. The number of rotatable bonds is 3. The van der Waals surface area contributed by atoms with Crippen molar-refractivity contribution in [3.05, 3.63) is 174 Å². The van der Waals surface area contributed by atoms with E-state index in [1.54, 1.807) is 0 Å². The molecule has 3 nitrogen and oxygen atoms in total. The summed E-state index contributed by atoms with van der Waals surface area (Å²) in [5, 5.41) is 4.94. The standard InChI is InChI=1S/C66H57BN2OS/c1-63(2)30-32-65(5,6)51-34-39(22-27-49(51)63)38-20-25-42(26-21-38)68-54-29-24-41(40-23-28-50-52(35-40)66(7,8)33-31-64(50,3)4)36-53(54)67-57-47(37-48-43-14-9-11-18-55(43)70-61(48)60(57)68)44-16-13-17-46-58(44)69(67)59-45-15-10-12-19-56(45)71-62(46)59/h9-29,34-37H,30-33H2,1-8H3. The molecule has 0 radical (unpaired) electrons. The van der Waals surface area contributed by atoms with E-state index in [-0.39, 0.29) is 28.5 Å². The van der Waals surface area contributed by atoms with E-state index in [0.29, 0.717) is 0 Å². The number of aromatic nitrogens is 1. The van der Waals surface area contributed by atoms with E-state index >= 15 is 0 Å². The van der Waals surface area contributed by atoms with E-state index in [1.165, 1.54) is 129 Å². The van der Waals surface area contributed by atoms with Crippen LogP contribution in [0.25, 0.3) is 86.5 Å². The van der Waals surface area contributed by atoms with Crippen molar-refractivity contribution in [1.82, 2.24) is 4.48 Å². The fourth-order valence-corrected chi connectivity index (χ4v) is 15.1. The van der Waals surface area contributed by atoms with Crippen molar-refractivity contribution >= 4 is 99.3 Å². The van der Waals surface area contributed by atoms with E-state index < -0.39 is 0 Å². The van der Waals surface area contributed by atoms with Crippen LogP contribution in [0.15, 0.2) is 156 Å². The molecular weight excluding hydrogens is 880 g/mol. The van der Waals surface area contributed by atoms with Crippen molar-refractivity contribution in [1.29, 1.82) is 0 Å². The molecule has 15 rings (SSSR count). The molecule has 3 aromatic heterocycles. The quantitative estimate of drug-likeness (QED) is 0.165. The minimum Gasteiger partial charge on any atom is -0.454 e. The van der Waals surface area contributed by atoms with Crippen LogP contribution in [0, 0.1) is 0 Å². The van der Waals surface area contributed by atoms with E-state index in [9.17, 15) is 0 Å². The van der Waals surface area contributed by atoms with Gasteiger partial charge in [-0.2, -0.15) is 0 Å². The van der Waals surface area contributed by atoms with Gasteiger partial charge in [0.2, 0.25) is 0 Å². The number of hydrogen-bond donors (Lipinski definition) is 0. The van der Waals surface area contributed by atoms with Gasteiger partial charge in [0, 0.05) is 48.7 Å². The highest BCUT2D eigenvalue weighted by molar-refractivity contribution is 7.27. The Kier molecular flexibility index (Phi) is 8.26. The Morgan fingerprint density at radius 3 is 1.76 bits per heavy atom. The predicted octanol–water partition coefficient (Wildman–Crippen LogP) is 17.4. The molecular formula is C66H57BN2OS. The first-order chi connectivity index (χ1) is 34.2. The van der Waals surface area contributed by atoms with Gasteiger partial charge in [-0.05, 0) is 145 Å². The van der Waals surface area contributed by atoms with Crippen molar-refractivity contribution in [2.45, 2.75) is 103 Å². The molecule has 0 N–H and O–H groups in total. The molecule has 0 amide bonds. The molecule has 0 saturated heterocycles. The summed E-state index contributed by atoms with van der Waals surface area (Å²) >= 11 is 1.93. The summed E-state index contributed by atoms with van der Waals surface area (Å²) in [6.07, 6.45) is 4.79. The summed E-state index contributed by atoms with van der Waals surface area (Å²) in [5.41, 5.74) is 24.7. The van der Waals surface area contributed by atoms with Crippen molar-refractivity contribution in [2.75, 3.05) is 4.90 Å². The molecule has 2 aliphatic carbocycles. The van der Waals surface area contributed by atoms with Crippen LogP contribution in [0.2, 0.25) is 0 Å². The van der Waals surface area contributed by atoms with Gasteiger partial charge in [0.05, 0.1) is 15.9 Å². The summed E-state index contributed by atoms with van der Waals surface area (Å²) in [5.74, 6) is 0. The van der Waals surface area contributed by atoms with E-state index in [0.717, 1.165) is 33.3 Å². The maximum atomic E-state index is 7.19. The first-order valence-corrected chi connectivity index (χ1v) is 26.8. The van der Waals surface area contributed by atoms with E-state index in [1.807, 2.05) is 11.3 Å². The third-order valence-electron chi connectivity index (χ3n) is 18.1. The second kappa shape index (κ2) is 14.0. The number of nitrogens with zero attached hydrogens (tertiary/aromatic N) is 2. The van der Waals surface area contributed by atoms with E-state index in [2.05, 4.69) is 216 Å². The largest absolute Gasteiger partial charge is 0.454 e. The van der Waals surface area contributed by atoms with Crippen molar-refractivity contribution in [3.63, 3.8) is 0 Å². The lowest BCUT2D eigenvalue weighted by molar-refractivity contribution is 0.332. The number of hydrogen-bond acceptors (Lipinski definition) is 3. The molecule has 8 aromatic carbocycles. The Bertz CT molecular complexity index is 4140. The molecule has 0 fully saturated rings. The van der Waals surface area contributed by atoms with Crippen LogP contribution in [0.5, 0.6) is 0 Å². The SMILES string of the molecule is CC1(C)CCC(C)(C)c2cc(-c3ccc(N4c5ccc(-c6ccc7c(c6)C(C)(C)CCC7(C)C)cc5B5c6c(cc7c(oc8ccccc87)c64)-c4cccc6c7sc8ccccc8c7n5c46)cc3)ccc21. The number of anilines is 3. The first kappa shape index (κ1) is 41.9. The van der Waals surface area contributed by atoms with Crippen LogP contribution < -0.4 is 15.8 Å². The van der Waals surface area contributed by atoms with Crippen LogP contribution >= 0.6 is 11.3 Å². The Morgan fingerprint density at radius 2 is 1.06 bits per heavy atom. The summed E-state index contributed by atoms with van der Waals surface area (Å²) < 4.78 is 12.6. The maximum Gasteiger partial charge on any atom is 0.333 e. The lowest BCUT2D eigenvalue weighted by Gasteiger charge is -2.42. The maximum absolute atomic E-state index is 7.19. The summed E-state index contributed by atoms with van der Waals surface area (Å²) in [7, 11) is 0. The molecule has 0 atom stereocenters. The molecule has 4 aliphatic rings. The van der Waals surface area contributed by atoms with Gasteiger partial charge in [0.25, 0.3) is 0 Å². The molecule has 346 valence electrons. The smallest absolute Gasteiger partial charge is 0.333 e. The monoisotopic (exact) mass is 936 g/mol. The second-order valence-electron chi connectivity index (χ2n) is 24.1. The number of thiophene rings is 1. The lowest BCUT2D eigenvalue weighted by Crippen LogP contribution is -2.56. The van der Waals surface area contributed by atoms with Gasteiger partial charge in [-0.3, -0.25) is 0 Å². The lowest BCUT2D eigenvalue weighted by atomic mass is 9.44.